The summed E-state index contributed by atoms with van der Waals surface area (Å²) in [5.41, 5.74) is 2.89. The summed E-state index contributed by atoms with van der Waals surface area (Å²) in [5.74, 6) is -0.00324. The van der Waals surface area contributed by atoms with Crippen molar-refractivity contribution in [3.8, 4) is 0 Å². The molecule has 1 aromatic rings. The molecule has 1 amide bonds. The highest BCUT2D eigenvalue weighted by Crippen LogP contribution is 2.16. The summed E-state index contributed by atoms with van der Waals surface area (Å²) in [6, 6.07) is 7.95. The van der Waals surface area contributed by atoms with E-state index in [0.29, 0.717) is 0 Å². The maximum Gasteiger partial charge on any atom is 0.223 e. The van der Waals surface area contributed by atoms with Crippen molar-refractivity contribution < 1.29 is 4.79 Å². The van der Waals surface area contributed by atoms with Crippen LogP contribution in [0.1, 0.15) is 18.1 Å². The van der Waals surface area contributed by atoms with Gasteiger partial charge in [0.05, 0.1) is 0 Å². The van der Waals surface area contributed by atoms with Crippen LogP contribution in [-0.2, 0) is 4.79 Å². The fourth-order valence-electron chi connectivity index (χ4n) is 1.21. The third-order valence-electron chi connectivity index (χ3n) is 2.23. The summed E-state index contributed by atoms with van der Waals surface area (Å²) in [6.07, 6.45) is 0. The fraction of sp³-hybridized carbons (Fsp3) is 0.250. The number of amides is 1. The Morgan fingerprint density at radius 2 is 2.07 bits per heavy atom. The van der Waals surface area contributed by atoms with Crippen molar-refractivity contribution in [3.05, 3.63) is 42.0 Å². The average molecular weight is 189 g/mol. The average Bonchev–Trinajstić information content (AvgIpc) is 2.15. The number of aryl methyl sites for hydroxylation is 1. The van der Waals surface area contributed by atoms with Gasteiger partial charge in [-0.2, -0.15) is 0 Å². The van der Waals surface area contributed by atoms with E-state index in [1.807, 2.05) is 31.2 Å². The Hall–Kier alpha value is -1.57. The van der Waals surface area contributed by atoms with Crippen molar-refractivity contribution in [3.63, 3.8) is 0 Å². The first-order chi connectivity index (χ1) is 6.52. The zero-order chi connectivity index (χ0) is 10.7. The van der Waals surface area contributed by atoms with Crippen LogP contribution in [0.15, 0.2) is 30.8 Å². The van der Waals surface area contributed by atoms with E-state index in [0.717, 1.165) is 11.3 Å². The molecule has 0 atom stereocenters. The van der Waals surface area contributed by atoms with Gasteiger partial charge < -0.3 is 4.90 Å². The quantitative estimate of drug-likeness (QED) is 0.699. The van der Waals surface area contributed by atoms with E-state index in [-0.39, 0.29) is 5.91 Å². The summed E-state index contributed by atoms with van der Waals surface area (Å²) < 4.78 is 0. The Morgan fingerprint density at radius 1 is 1.43 bits per heavy atom. The summed E-state index contributed by atoms with van der Waals surface area (Å²) in [5, 5.41) is 0. The molecule has 1 aromatic carbocycles. The molecule has 0 aliphatic rings. The fourth-order valence-corrected chi connectivity index (χ4v) is 1.21. The van der Waals surface area contributed by atoms with Crippen LogP contribution in [0.5, 0.6) is 0 Å². The predicted octanol–water partition coefficient (Wildman–Crippen LogP) is 2.44. The molecule has 0 bridgehead atoms. The molecular formula is C12H15NO. The van der Waals surface area contributed by atoms with Crippen LogP contribution in [0.2, 0.25) is 0 Å². The van der Waals surface area contributed by atoms with E-state index in [9.17, 15) is 4.79 Å². The zero-order valence-electron chi connectivity index (χ0n) is 8.87. The first kappa shape index (κ1) is 10.5. The normalized spacial score (nSPS) is 9.64. The van der Waals surface area contributed by atoms with Crippen LogP contribution in [0.4, 0.5) is 0 Å². The molecule has 0 N–H and O–H groups in total. The van der Waals surface area contributed by atoms with Crippen LogP contribution >= 0.6 is 0 Å². The second-order valence-electron chi connectivity index (χ2n) is 3.39. The van der Waals surface area contributed by atoms with E-state index >= 15 is 0 Å². The van der Waals surface area contributed by atoms with Gasteiger partial charge in [-0.05, 0) is 18.6 Å². The van der Waals surface area contributed by atoms with Gasteiger partial charge in [0.25, 0.3) is 0 Å². The topological polar surface area (TPSA) is 20.3 Å². The van der Waals surface area contributed by atoms with Crippen LogP contribution in [-0.4, -0.2) is 17.9 Å². The number of hydrogen-bond donors (Lipinski definition) is 0. The molecule has 0 radical (unpaired) electrons. The van der Waals surface area contributed by atoms with Gasteiger partial charge in [0.15, 0.2) is 0 Å². The number of carbonyl (C=O) groups is 1. The second kappa shape index (κ2) is 4.09. The van der Waals surface area contributed by atoms with Gasteiger partial charge in [-0.1, -0.05) is 30.3 Å². The minimum Gasteiger partial charge on any atom is -0.316 e. The van der Waals surface area contributed by atoms with Crippen molar-refractivity contribution in [2.75, 3.05) is 7.05 Å². The summed E-state index contributed by atoms with van der Waals surface area (Å²) in [7, 11) is 1.73. The van der Waals surface area contributed by atoms with Gasteiger partial charge in [0.2, 0.25) is 5.91 Å². The molecule has 0 aliphatic carbocycles. The maximum atomic E-state index is 11.1. The van der Waals surface area contributed by atoms with Crippen LogP contribution in [0.25, 0.3) is 5.70 Å². The molecule has 0 fully saturated rings. The molecule has 14 heavy (non-hydrogen) atoms. The largest absolute Gasteiger partial charge is 0.316 e. The molecule has 0 saturated heterocycles. The van der Waals surface area contributed by atoms with E-state index < -0.39 is 0 Å². The first-order valence-corrected chi connectivity index (χ1v) is 4.52. The third-order valence-corrected chi connectivity index (χ3v) is 2.23. The minimum absolute atomic E-state index is 0.00324. The first-order valence-electron chi connectivity index (χ1n) is 4.52. The lowest BCUT2D eigenvalue weighted by Gasteiger charge is -2.18. The molecule has 0 aromatic heterocycles. The number of carbonyl (C=O) groups excluding carboxylic acids is 1. The van der Waals surface area contributed by atoms with Crippen molar-refractivity contribution in [1.29, 1.82) is 0 Å². The molecule has 2 nitrogen and oxygen atoms in total. The lowest BCUT2D eigenvalue weighted by molar-refractivity contribution is -0.124. The molecule has 2 heteroatoms. The molecule has 0 heterocycles. The second-order valence-corrected chi connectivity index (χ2v) is 3.39. The van der Waals surface area contributed by atoms with Crippen molar-refractivity contribution >= 4 is 11.6 Å². The number of benzene rings is 1. The highest BCUT2D eigenvalue weighted by Gasteiger charge is 2.08. The molecular weight excluding hydrogens is 174 g/mol. The lowest BCUT2D eigenvalue weighted by Crippen LogP contribution is -2.21. The smallest absolute Gasteiger partial charge is 0.223 e. The maximum absolute atomic E-state index is 11.1. The summed E-state index contributed by atoms with van der Waals surface area (Å²) >= 11 is 0. The summed E-state index contributed by atoms with van der Waals surface area (Å²) in [6.45, 7) is 7.44. The highest BCUT2D eigenvalue weighted by molar-refractivity contribution is 5.84. The van der Waals surface area contributed by atoms with Gasteiger partial charge >= 0.3 is 0 Å². The Labute approximate surface area is 84.9 Å². The number of hydrogen-bond acceptors (Lipinski definition) is 1. The lowest BCUT2D eigenvalue weighted by atomic mass is 10.1. The third kappa shape index (κ3) is 2.22. The van der Waals surface area contributed by atoms with Crippen molar-refractivity contribution in [2.24, 2.45) is 0 Å². The molecule has 74 valence electrons. The monoisotopic (exact) mass is 189 g/mol. The van der Waals surface area contributed by atoms with E-state index in [1.165, 1.54) is 12.5 Å². The van der Waals surface area contributed by atoms with E-state index in [4.69, 9.17) is 0 Å². The molecule has 0 unspecified atom stereocenters. The number of rotatable bonds is 2. The van der Waals surface area contributed by atoms with E-state index in [1.54, 1.807) is 11.9 Å². The summed E-state index contributed by atoms with van der Waals surface area (Å²) in [4.78, 5) is 12.7. The van der Waals surface area contributed by atoms with Gasteiger partial charge in [0.1, 0.15) is 0 Å². The molecule has 1 rings (SSSR count). The van der Waals surface area contributed by atoms with E-state index in [2.05, 4.69) is 6.58 Å². The molecule has 0 aliphatic heterocycles. The Bertz CT molecular complexity index is 368. The zero-order valence-corrected chi connectivity index (χ0v) is 8.87. The van der Waals surface area contributed by atoms with Gasteiger partial charge in [-0.3, -0.25) is 4.79 Å². The van der Waals surface area contributed by atoms with Crippen LogP contribution < -0.4 is 0 Å². The minimum atomic E-state index is -0.00324. The molecule has 0 spiro atoms. The van der Waals surface area contributed by atoms with Crippen molar-refractivity contribution in [1.82, 2.24) is 4.90 Å². The Balaban J connectivity index is 2.95. The van der Waals surface area contributed by atoms with Crippen LogP contribution in [0.3, 0.4) is 0 Å². The van der Waals surface area contributed by atoms with Gasteiger partial charge in [0, 0.05) is 19.7 Å². The predicted molar refractivity (Wildman–Crippen MR) is 58.7 cm³/mol. The van der Waals surface area contributed by atoms with Gasteiger partial charge in [-0.15, -0.1) is 0 Å². The SMILES string of the molecule is C=C(c1cccc(C)c1)N(C)C(C)=O. The molecule has 0 saturated carbocycles. The van der Waals surface area contributed by atoms with Gasteiger partial charge in [-0.25, -0.2) is 0 Å². The Kier molecular flexibility index (Phi) is 3.07. The Morgan fingerprint density at radius 3 is 2.57 bits per heavy atom. The van der Waals surface area contributed by atoms with Crippen LogP contribution in [0, 0.1) is 6.92 Å². The standard InChI is InChI=1S/C12H15NO/c1-9-6-5-7-12(8-9)10(2)13(4)11(3)14/h5-8H,2H2,1,3-4H3. The highest BCUT2D eigenvalue weighted by atomic mass is 16.2. The number of nitrogens with zero attached hydrogens (tertiary/aromatic N) is 1. The van der Waals surface area contributed by atoms with Crippen molar-refractivity contribution in [2.45, 2.75) is 13.8 Å².